The van der Waals surface area contributed by atoms with Crippen LogP contribution < -0.4 is 10.1 Å². The Morgan fingerprint density at radius 2 is 2.00 bits per heavy atom. The summed E-state index contributed by atoms with van der Waals surface area (Å²) in [6.45, 7) is 3.02. The van der Waals surface area contributed by atoms with Crippen molar-refractivity contribution in [1.82, 2.24) is 14.9 Å². The Bertz CT molecular complexity index is 840. The molecule has 1 N–H and O–H groups in total. The molecule has 3 aromatic rings. The van der Waals surface area contributed by atoms with Crippen molar-refractivity contribution in [3.05, 3.63) is 59.9 Å². The second-order valence-electron chi connectivity index (χ2n) is 6.45. The first-order valence-corrected chi connectivity index (χ1v) is 8.63. The van der Waals surface area contributed by atoms with E-state index in [-0.39, 0.29) is 12.4 Å². The Labute approximate surface area is 154 Å². The maximum atomic E-state index is 5.37. The fourth-order valence-corrected chi connectivity index (χ4v) is 3.68. The van der Waals surface area contributed by atoms with Crippen LogP contribution in [0.15, 0.2) is 48.7 Å². The van der Waals surface area contributed by atoms with Gasteiger partial charge in [0.2, 0.25) is 0 Å². The van der Waals surface area contributed by atoms with Crippen LogP contribution in [0, 0.1) is 0 Å². The van der Waals surface area contributed by atoms with E-state index in [1.807, 2.05) is 18.3 Å². The normalized spacial score (nSPS) is 15.1. The molecule has 4 rings (SSSR count). The van der Waals surface area contributed by atoms with E-state index in [9.17, 15) is 0 Å². The lowest BCUT2D eigenvalue weighted by Gasteiger charge is -2.24. The average Bonchev–Trinajstić information content (AvgIpc) is 3.01. The van der Waals surface area contributed by atoms with Gasteiger partial charge in [-0.3, -0.25) is 0 Å². The van der Waals surface area contributed by atoms with E-state index in [1.54, 1.807) is 7.11 Å². The van der Waals surface area contributed by atoms with Crippen LogP contribution in [0.2, 0.25) is 0 Å². The van der Waals surface area contributed by atoms with Gasteiger partial charge in [-0.25, -0.2) is 4.98 Å². The van der Waals surface area contributed by atoms with E-state index in [4.69, 9.17) is 4.74 Å². The van der Waals surface area contributed by atoms with Crippen molar-refractivity contribution < 1.29 is 4.74 Å². The standard InChI is InChI=1S/C20H23N3O.ClH/c1-24-18-6-2-4-15(12-18)14-23-19(16-7-10-21-11-8-16)13-17-5-3-9-22-20(17)23;/h2-6,9,12-13,16,21H,7-8,10-11,14H2,1H3;1H. The van der Waals surface area contributed by atoms with Crippen molar-refractivity contribution in [2.75, 3.05) is 20.2 Å². The number of pyridine rings is 1. The van der Waals surface area contributed by atoms with Gasteiger partial charge in [0.1, 0.15) is 11.4 Å². The lowest BCUT2D eigenvalue weighted by atomic mass is 9.94. The number of fused-ring (bicyclic) bond motifs is 1. The lowest BCUT2D eigenvalue weighted by Crippen LogP contribution is -2.27. The average molecular weight is 358 g/mol. The molecule has 1 aliphatic heterocycles. The molecule has 0 amide bonds. The minimum Gasteiger partial charge on any atom is -0.497 e. The zero-order valence-electron chi connectivity index (χ0n) is 14.4. The molecular weight excluding hydrogens is 334 g/mol. The summed E-state index contributed by atoms with van der Waals surface area (Å²) < 4.78 is 7.76. The van der Waals surface area contributed by atoms with Crippen LogP contribution in [0.3, 0.4) is 0 Å². The van der Waals surface area contributed by atoms with Gasteiger partial charge in [0.05, 0.1) is 7.11 Å². The first-order chi connectivity index (χ1) is 11.8. The number of hydrogen-bond donors (Lipinski definition) is 1. The van der Waals surface area contributed by atoms with E-state index < -0.39 is 0 Å². The Morgan fingerprint density at radius 1 is 1.16 bits per heavy atom. The summed E-state index contributed by atoms with van der Waals surface area (Å²) in [6.07, 6.45) is 4.26. The summed E-state index contributed by atoms with van der Waals surface area (Å²) in [4.78, 5) is 4.65. The number of hydrogen-bond acceptors (Lipinski definition) is 3. The first-order valence-electron chi connectivity index (χ1n) is 8.63. The van der Waals surface area contributed by atoms with Crippen molar-refractivity contribution in [3.8, 4) is 5.75 Å². The third-order valence-electron chi connectivity index (χ3n) is 4.92. The van der Waals surface area contributed by atoms with E-state index in [0.717, 1.165) is 31.0 Å². The summed E-state index contributed by atoms with van der Waals surface area (Å²) in [5.41, 5.74) is 3.73. The minimum atomic E-state index is 0. The molecule has 1 saturated heterocycles. The summed E-state index contributed by atoms with van der Waals surface area (Å²) >= 11 is 0. The number of methoxy groups -OCH3 is 1. The van der Waals surface area contributed by atoms with Crippen LogP contribution in [-0.2, 0) is 6.54 Å². The molecule has 25 heavy (non-hydrogen) atoms. The van der Waals surface area contributed by atoms with Crippen LogP contribution in [-0.4, -0.2) is 29.8 Å². The number of rotatable bonds is 4. The largest absolute Gasteiger partial charge is 0.497 e. The number of piperidine rings is 1. The highest BCUT2D eigenvalue weighted by atomic mass is 35.5. The summed E-state index contributed by atoms with van der Waals surface area (Å²) in [5.74, 6) is 1.51. The fourth-order valence-electron chi connectivity index (χ4n) is 3.68. The van der Waals surface area contributed by atoms with Gasteiger partial charge in [0.15, 0.2) is 0 Å². The number of halogens is 1. The van der Waals surface area contributed by atoms with Crippen LogP contribution >= 0.6 is 12.4 Å². The van der Waals surface area contributed by atoms with Gasteiger partial charge in [-0.1, -0.05) is 12.1 Å². The van der Waals surface area contributed by atoms with Crippen molar-refractivity contribution >= 4 is 23.4 Å². The zero-order valence-corrected chi connectivity index (χ0v) is 15.3. The Balaban J connectivity index is 0.00000182. The van der Waals surface area contributed by atoms with Gasteiger partial charge in [0.25, 0.3) is 0 Å². The van der Waals surface area contributed by atoms with Crippen molar-refractivity contribution in [2.24, 2.45) is 0 Å². The molecule has 1 aliphatic rings. The van der Waals surface area contributed by atoms with Crippen LogP contribution in [0.4, 0.5) is 0 Å². The summed E-state index contributed by atoms with van der Waals surface area (Å²) in [5, 5.41) is 4.69. The molecule has 3 heterocycles. The molecule has 0 bridgehead atoms. The Kier molecular flexibility index (Phi) is 5.61. The zero-order chi connectivity index (χ0) is 16.4. The number of nitrogens with one attached hydrogen (secondary N) is 1. The quantitative estimate of drug-likeness (QED) is 0.767. The third kappa shape index (κ3) is 3.65. The molecule has 1 fully saturated rings. The minimum absolute atomic E-state index is 0. The molecule has 5 heteroatoms. The number of nitrogens with zero attached hydrogens (tertiary/aromatic N) is 2. The highest BCUT2D eigenvalue weighted by Crippen LogP contribution is 2.31. The monoisotopic (exact) mass is 357 g/mol. The molecule has 0 unspecified atom stereocenters. The maximum absolute atomic E-state index is 5.37. The topological polar surface area (TPSA) is 39.1 Å². The van der Waals surface area contributed by atoms with E-state index in [2.05, 4.69) is 45.2 Å². The predicted molar refractivity (Wildman–Crippen MR) is 104 cm³/mol. The van der Waals surface area contributed by atoms with Crippen LogP contribution in [0.25, 0.3) is 11.0 Å². The second-order valence-corrected chi connectivity index (χ2v) is 6.45. The van der Waals surface area contributed by atoms with Crippen LogP contribution in [0.1, 0.15) is 30.0 Å². The van der Waals surface area contributed by atoms with Gasteiger partial charge in [-0.2, -0.15) is 0 Å². The summed E-state index contributed by atoms with van der Waals surface area (Å²) in [6, 6.07) is 14.8. The molecule has 0 radical (unpaired) electrons. The molecule has 0 atom stereocenters. The second kappa shape index (κ2) is 7.89. The van der Waals surface area contributed by atoms with Gasteiger partial charge < -0.3 is 14.6 Å². The Hall–Kier alpha value is -2.04. The predicted octanol–water partition coefficient (Wildman–Crippen LogP) is 3.98. The maximum Gasteiger partial charge on any atom is 0.140 e. The summed E-state index contributed by atoms with van der Waals surface area (Å²) in [7, 11) is 1.71. The van der Waals surface area contributed by atoms with Crippen LogP contribution in [0.5, 0.6) is 5.75 Å². The lowest BCUT2D eigenvalue weighted by molar-refractivity contribution is 0.414. The fraction of sp³-hybridized carbons (Fsp3) is 0.350. The molecule has 132 valence electrons. The third-order valence-corrected chi connectivity index (χ3v) is 4.92. The molecule has 0 aliphatic carbocycles. The molecule has 0 saturated carbocycles. The first kappa shape index (κ1) is 17.8. The smallest absolute Gasteiger partial charge is 0.140 e. The molecule has 2 aromatic heterocycles. The number of ether oxygens (including phenoxy) is 1. The van der Waals surface area contributed by atoms with E-state index in [0.29, 0.717) is 5.92 Å². The molecule has 4 nitrogen and oxygen atoms in total. The highest BCUT2D eigenvalue weighted by molar-refractivity contribution is 5.85. The van der Waals surface area contributed by atoms with Crippen molar-refractivity contribution in [2.45, 2.75) is 25.3 Å². The molecule has 0 spiro atoms. The van der Waals surface area contributed by atoms with Gasteiger partial charge in [-0.05, 0) is 61.8 Å². The van der Waals surface area contributed by atoms with Gasteiger partial charge in [0, 0.05) is 29.7 Å². The van der Waals surface area contributed by atoms with E-state index in [1.165, 1.54) is 29.5 Å². The van der Waals surface area contributed by atoms with Gasteiger partial charge in [-0.15, -0.1) is 12.4 Å². The Morgan fingerprint density at radius 3 is 2.80 bits per heavy atom. The van der Waals surface area contributed by atoms with Crippen molar-refractivity contribution in [3.63, 3.8) is 0 Å². The SMILES string of the molecule is COc1cccc(Cn2c(C3CCNCC3)cc3cccnc32)c1.Cl. The molecular formula is C20H24ClN3O. The highest BCUT2D eigenvalue weighted by Gasteiger charge is 2.21. The van der Waals surface area contributed by atoms with E-state index >= 15 is 0 Å². The number of aromatic nitrogens is 2. The van der Waals surface area contributed by atoms with Gasteiger partial charge >= 0.3 is 0 Å². The van der Waals surface area contributed by atoms with Crippen molar-refractivity contribution in [1.29, 1.82) is 0 Å². The number of benzene rings is 1. The molecule has 1 aromatic carbocycles.